The van der Waals surface area contributed by atoms with Gasteiger partial charge in [0.15, 0.2) is 0 Å². The van der Waals surface area contributed by atoms with Gasteiger partial charge in [-0.15, -0.1) is 11.8 Å². The summed E-state index contributed by atoms with van der Waals surface area (Å²) in [5.41, 5.74) is 1.04. The second-order valence-corrected chi connectivity index (χ2v) is 9.31. The average molecular weight is 300 g/mol. The average Bonchev–Trinajstić information content (AvgIpc) is 2.26. The first kappa shape index (κ1) is 14.1. The Morgan fingerprint density at radius 3 is 2.94 bits per heavy atom. The third-order valence-corrected chi connectivity index (χ3v) is 9.13. The number of hydrogen-bond acceptors (Lipinski definition) is 3. The van der Waals surface area contributed by atoms with E-state index in [9.17, 15) is 18.0 Å². The van der Waals surface area contributed by atoms with Gasteiger partial charge in [0.25, 0.3) is 0 Å². The fraction of sp³-hybridized carbons (Fsp3) is 0.727. The Morgan fingerprint density at radius 2 is 2.28 bits per heavy atom. The Labute approximate surface area is 110 Å². The van der Waals surface area contributed by atoms with Crippen molar-refractivity contribution in [1.29, 1.82) is 0 Å². The Kier molecular flexibility index (Phi) is 3.92. The summed E-state index contributed by atoms with van der Waals surface area (Å²) in [4.78, 5) is 11.1. The van der Waals surface area contributed by atoms with Crippen molar-refractivity contribution < 1.29 is 22.1 Å². The lowest BCUT2D eigenvalue weighted by Gasteiger charge is -2.49. The van der Waals surface area contributed by atoms with Crippen LogP contribution in [-0.4, -0.2) is 34.0 Å². The summed E-state index contributed by atoms with van der Waals surface area (Å²) in [6, 6.07) is 0. The van der Waals surface area contributed by atoms with Crippen LogP contribution in [0.2, 0.25) is 0 Å². The molecule has 1 fully saturated rings. The number of fused-ring (bicyclic) bond motifs is 1. The normalized spacial score (nSPS) is 36.0. The summed E-state index contributed by atoms with van der Waals surface area (Å²) in [7, 11) is -1.95. The van der Waals surface area contributed by atoms with E-state index in [2.05, 4.69) is 6.08 Å². The van der Waals surface area contributed by atoms with Crippen LogP contribution in [0.3, 0.4) is 0 Å². The maximum Gasteiger partial charge on any atom is 0.491 e. The van der Waals surface area contributed by atoms with Crippen LogP contribution in [0.4, 0.5) is 13.2 Å². The van der Waals surface area contributed by atoms with Crippen LogP contribution in [0.5, 0.6) is 0 Å². The van der Waals surface area contributed by atoms with Gasteiger partial charge in [-0.1, -0.05) is 22.0 Å². The first-order valence-electron chi connectivity index (χ1n) is 5.69. The number of carbonyl (C=O) groups excluding carboxylic acids is 1. The van der Waals surface area contributed by atoms with E-state index in [1.807, 2.05) is 6.92 Å². The minimum absolute atomic E-state index is 0.0428. The lowest BCUT2D eigenvalue weighted by Crippen LogP contribution is -2.36. The molecule has 7 heteroatoms. The van der Waals surface area contributed by atoms with Gasteiger partial charge in [-0.2, -0.15) is 13.2 Å². The summed E-state index contributed by atoms with van der Waals surface area (Å²) >= 11 is 1.65. The van der Waals surface area contributed by atoms with E-state index in [0.717, 1.165) is 24.2 Å². The van der Waals surface area contributed by atoms with Crippen LogP contribution in [0, 0.1) is 0 Å². The first-order chi connectivity index (χ1) is 8.33. The zero-order valence-corrected chi connectivity index (χ0v) is 11.6. The first-order valence-corrected chi connectivity index (χ1v) is 8.70. The van der Waals surface area contributed by atoms with Crippen LogP contribution in [0.1, 0.15) is 19.8 Å². The molecule has 2 heterocycles. The highest BCUT2D eigenvalue weighted by molar-refractivity contribution is 8.37. The molecule has 0 N–H and O–H groups in total. The van der Waals surface area contributed by atoms with Crippen LogP contribution in [-0.2, 0) is 8.98 Å². The van der Waals surface area contributed by atoms with E-state index >= 15 is 0 Å². The van der Waals surface area contributed by atoms with Gasteiger partial charge in [-0.3, -0.25) is 0 Å². The number of halogens is 3. The predicted octanol–water partition coefficient (Wildman–Crippen LogP) is 3.62. The molecule has 0 radical (unpaired) electrons. The maximum atomic E-state index is 12.4. The highest BCUT2D eigenvalue weighted by Crippen LogP contribution is 2.64. The van der Waals surface area contributed by atoms with Gasteiger partial charge in [0.1, 0.15) is 0 Å². The lowest BCUT2D eigenvalue weighted by atomic mass is 10.3. The van der Waals surface area contributed by atoms with Crippen LogP contribution < -0.4 is 0 Å². The Morgan fingerprint density at radius 1 is 1.56 bits per heavy atom. The number of hydrogen-bond donors (Lipinski definition) is 0. The van der Waals surface area contributed by atoms with Crippen molar-refractivity contribution in [2.75, 3.05) is 17.3 Å². The Hall–Kier alpha value is -0.300. The fourth-order valence-electron chi connectivity index (χ4n) is 2.25. The van der Waals surface area contributed by atoms with Gasteiger partial charge in [-0.25, -0.2) is 4.79 Å². The molecule has 0 spiro atoms. The molecule has 2 aliphatic heterocycles. The second-order valence-electron chi connectivity index (χ2n) is 4.53. The summed E-state index contributed by atoms with van der Waals surface area (Å²) < 4.78 is 42.1. The maximum absolute atomic E-state index is 12.4. The molecule has 0 saturated carbocycles. The molecule has 1 saturated heterocycles. The van der Waals surface area contributed by atoms with Crippen LogP contribution >= 0.6 is 22.1 Å². The fourth-order valence-corrected chi connectivity index (χ4v) is 8.33. The largest absolute Gasteiger partial charge is 0.491 e. The Balaban J connectivity index is 2.20. The van der Waals surface area contributed by atoms with E-state index in [1.165, 1.54) is 0 Å². The lowest BCUT2D eigenvalue weighted by molar-refractivity contribution is -0.188. The molecule has 0 amide bonds. The van der Waals surface area contributed by atoms with E-state index in [4.69, 9.17) is 4.18 Å². The van der Waals surface area contributed by atoms with Crippen molar-refractivity contribution in [2.24, 2.45) is 0 Å². The molecule has 2 nitrogen and oxygen atoms in total. The number of carbonyl (C=O) groups is 1. The SMILES string of the molecule is CC1=CCC2SCCCS2(OC(=O)C(F)(F)F)C1. The molecular formula is C11H15F3O2S2. The molecule has 0 aliphatic carbocycles. The highest BCUT2D eigenvalue weighted by atomic mass is 32.3. The van der Waals surface area contributed by atoms with Crippen molar-refractivity contribution in [1.82, 2.24) is 0 Å². The highest BCUT2D eigenvalue weighted by Gasteiger charge is 2.48. The number of alkyl halides is 3. The van der Waals surface area contributed by atoms with Gasteiger partial charge in [0.05, 0.1) is 4.58 Å². The standard InChI is InChI=1S/C11H15F3O2S2/c1-8-3-4-9-17-5-2-6-18(9,7-8)16-10(15)11(12,13)14/h3,9H,2,4-7H2,1H3. The summed E-state index contributed by atoms with van der Waals surface area (Å²) in [6.45, 7) is 1.89. The van der Waals surface area contributed by atoms with Gasteiger partial charge in [-0.05, 0) is 25.5 Å². The molecule has 0 aromatic rings. The predicted molar refractivity (Wildman–Crippen MR) is 68.7 cm³/mol. The van der Waals surface area contributed by atoms with Crippen molar-refractivity contribution in [3.63, 3.8) is 0 Å². The smallest absolute Gasteiger partial charge is 0.407 e. The second kappa shape index (κ2) is 5.00. The van der Waals surface area contributed by atoms with Crippen molar-refractivity contribution in [3.05, 3.63) is 11.6 Å². The zero-order valence-electron chi connectivity index (χ0n) is 9.96. The van der Waals surface area contributed by atoms with Crippen molar-refractivity contribution >= 4 is 28.0 Å². The molecular weight excluding hydrogens is 285 g/mol. The zero-order chi connectivity index (χ0) is 13.4. The monoisotopic (exact) mass is 300 g/mol. The summed E-state index contributed by atoms with van der Waals surface area (Å²) in [5, 5.41) is 0. The van der Waals surface area contributed by atoms with Gasteiger partial charge >= 0.3 is 12.1 Å². The molecule has 2 aliphatic rings. The van der Waals surface area contributed by atoms with E-state index in [-0.39, 0.29) is 4.58 Å². The molecule has 2 atom stereocenters. The molecule has 2 rings (SSSR count). The third kappa shape index (κ3) is 2.82. The summed E-state index contributed by atoms with van der Waals surface area (Å²) in [6.07, 6.45) is -1.29. The van der Waals surface area contributed by atoms with Gasteiger partial charge in [0, 0.05) is 11.5 Å². The van der Waals surface area contributed by atoms with Crippen molar-refractivity contribution in [2.45, 2.75) is 30.5 Å². The van der Waals surface area contributed by atoms with E-state index in [0.29, 0.717) is 11.5 Å². The Bertz CT molecular complexity index is 381. The number of thioether (sulfide) groups is 1. The molecule has 2 unspecified atom stereocenters. The quantitative estimate of drug-likeness (QED) is 0.692. The molecule has 0 bridgehead atoms. The summed E-state index contributed by atoms with van der Waals surface area (Å²) in [5.74, 6) is 0.0414. The molecule has 0 aromatic heterocycles. The number of allylic oxidation sites excluding steroid dienone is 1. The third-order valence-electron chi connectivity index (χ3n) is 3.02. The van der Waals surface area contributed by atoms with Crippen LogP contribution in [0.15, 0.2) is 11.6 Å². The molecule has 0 aromatic carbocycles. The topological polar surface area (TPSA) is 26.3 Å². The molecule has 104 valence electrons. The van der Waals surface area contributed by atoms with Crippen LogP contribution in [0.25, 0.3) is 0 Å². The van der Waals surface area contributed by atoms with Gasteiger partial charge < -0.3 is 4.18 Å². The van der Waals surface area contributed by atoms with Crippen molar-refractivity contribution in [3.8, 4) is 0 Å². The minimum atomic E-state index is -4.89. The van der Waals surface area contributed by atoms with E-state index in [1.54, 1.807) is 11.8 Å². The molecule has 18 heavy (non-hydrogen) atoms. The van der Waals surface area contributed by atoms with Gasteiger partial charge in [0.2, 0.25) is 0 Å². The van der Waals surface area contributed by atoms with E-state index < -0.39 is 22.5 Å². The number of rotatable bonds is 1. The minimum Gasteiger partial charge on any atom is -0.407 e.